The van der Waals surface area contributed by atoms with Crippen molar-refractivity contribution in [2.24, 2.45) is 0 Å². The fraction of sp³-hybridized carbons (Fsp3) is 0.917. The summed E-state index contributed by atoms with van der Waals surface area (Å²) >= 11 is 0. The Balaban J connectivity index is 2.16. The smallest absolute Gasteiger partial charge is 0.146 e. The van der Waals surface area contributed by atoms with Crippen molar-refractivity contribution in [3.05, 3.63) is 0 Å². The topological polar surface area (TPSA) is 29.5 Å². The summed E-state index contributed by atoms with van der Waals surface area (Å²) < 4.78 is 5.57. The number of nitrogens with zero attached hydrogens (tertiary/aromatic N) is 1. The van der Waals surface area contributed by atoms with E-state index in [9.17, 15) is 4.79 Å². The van der Waals surface area contributed by atoms with E-state index in [1.165, 1.54) is 0 Å². The fourth-order valence-corrected chi connectivity index (χ4v) is 2.08. The van der Waals surface area contributed by atoms with Crippen molar-refractivity contribution in [1.82, 2.24) is 4.90 Å². The molecule has 1 rings (SSSR count). The Morgan fingerprint density at radius 1 is 1.33 bits per heavy atom. The van der Waals surface area contributed by atoms with E-state index in [1.807, 2.05) is 6.92 Å². The molecule has 0 atom stereocenters. The van der Waals surface area contributed by atoms with Crippen molar-refractivity contribution in [2.75, 3.05) is 26.2 Å². The predicted octanol–water partition coefficient (Wildman–Crippen LogP) is 1.86. The maximum absolute atomic E-state index is 11.4. The van der Waals surface area contributed by atoms with Crippen LogP contribution in [-0.4, -0.2) is 43.0 Å². The summed E-state index contributed by atoms with van der Waals surface area (Å²) in [5, 5.41) is 0. The van der Waals surface area contributed by atoms with Crippen molar-refractivity contribution >= 4 is 5.78 Å². The third-order valence-electron chi connectivity index (χ3n) is 2.87. The summed E-state index contributed by atoms with van der Waals surface area (Å²) in [5.74, 6) is 0.382. The molecule has 1 saturated heterocycles. The molecule has 0 bridgehead atoms. The van der Waals surface area contributed by atoms with E-state index in [0.717, 1.165) is 45.4 Å². The number of carbonyl (C=O) groups excluding carboxylic acids is 1. The lowest BCUT2D eigenvalue weighted by atomic mass is 10.1. The van der Waals surface area contributed by atoms with Gasteiger partial charge in [0, 0.05) is 26.1 Å². The van der Waals surface area contributed by atoms with Gasteiger partial charge in [0.2, 0.25) is 0 Å². The Kier molecular flexibility index (Phi) is 5.88. The molecule has 1 heterocycles. The largest absolute Gasteiger partial charge is 0.378 e. The highest BCUT2D eigenvalue weighted by Crippen LogP contribution is 2.13. The van der Waals surface area contributed by atoms with E-state index in [4.69, 9.17) is 4.74 Å². The minimum Gasteiger partial charge on any atom is -0.378 e. The zero-order valence-corrected chi connectivity index (χ0v) is 10.00. The number of ketones is 1. The number of likely N-dealkylation sites (tertiary alicyclic amines) is 1. The first-order chi connectivity index (χ1) is 7.26. The second-order valence-electron chi connectivity index (χ2n) is 4.22. The molecule has 15 heavy (non-hydrogen) atoms. The molecule has 0 aromatic rings. The highest BCUT2D eigenvalue weighted by molar-refractivity contribution is 5.80. The summed E-state index contributed by atoms with van der Waals surface area (Å²) in [5.41, 5.74) is 0. The molecule has 3 heteroatoms. The Bertz CT molecular complexity index is 186. The molecule has 0 aliphatic carbocycles. The van der Waals surface area contributed by atoms with E-state index < -0.39 is 0 Å². The number of Topliss-reactive ketones (excluding diaryl/α,β-unsaturated/α-hetero) is 1. The van der Waals surface area contributed by atoms with E-state index in [0.29, 0.717) is 18.4 Å². The standard InChI is InChI=1S/C12H23NO2/c1-3-5-11(14)10-13-8-6-12(7-9-13)15-4-2/h12H,3-10H2,1-2H3. The van der Waals surface area contributed by atoms with Crippen LogP contribution in [0.15, 0.2) is 0 Å². The van der Waals surface area contributed by atoms with Crippen LogP contribution in [0.25, 0.3) is 0 Å². The zero-order valence-electron chi connectivity index (χ0n) is 10.00. The highest BCUT2D eigenvalue weighted by Gasteiger charge is 2.20. The molecule has 88 valence electrons. The first kappa shape index (κ1) is 12.7. The Morgan fingerprint density at radius 3 is 2.53 bits per heavy atom. The maximum atomic E-state index is 11.4. The van der Waals surface area contributed by atoms with Crippen molar-refractivity contribution in [2.45, 2.75) is 45.6 Å². The van der Waals surface area contributed by atoms with Gasteiger partial charge in [0.25, 0.3) is 0 Å². The molecule has 0 radical (unpaired) electrons. The summed E-state index contributed by atoms with van der Waals surface area (Å²) in [6.45, 7) is 7.57. The molecular weight excluding hydrogens is 190 g/mol. The van der Waals surface area contributed by atoms with Gasteiger partial charge in [0.15, 0.2) is 0 Å². The van der Waals surface area contributed by atoms with Crippen LogP contribution in [-0.2, 0) is 9.53 Å². The molecular formula is C12H23NO2. The fourth-order valence-electron chi connectivity index (χ4n) is 2.08. The van der Waals surface area contributed by atoms with Crippen LogP contribution < -0.4 is 0 Å². The van der Waals surface area contributed by atoms with Crippen molar-refractivity contribution in [3.8, 4) is 0 Å². The van der Waals surface area contributed by atoms with Crippen LogP contribution in [0.3, 0.4) is 0 Å². The van der Waals surface area contributed by atoms with Gasteiger partial charge in [-0.2, -0.15) is 0 Å². The molecule has 3 nitrogen and oxygen atoms in total. The average Bonchev–Trinajstić information content (AvgIpc) is 2.22. The number of ether oxygens (including phenoxy) is 1. The van der Waals surface area contributed by atoms with E-state index in [1.54, 1.807) is 0 Å². The summed E-state index contributed by atoms with van der Waals surface area (Å²) in [4.78, 5) is 13.7. The summed E-state index contributed by atoms with van der Waals surface area (Å²) in [6.07, 6.45) is 4.27. The molecule has 0 unspecified atom stereocenters. The van der Waals surface area contributed by atoms with Crippen LogP contribution in [0.4, 0.5) is 0 Å². The molecule has 0 N–H and O–H groups in total. The van der Waals surface area contributed by atoms with Crippen LogP contribution in [0.1, 0.15) is 39.5 Å². The predicted molar refractivity (Wildman–Crippen MR) is 61.0 cm³/mol. The lowest BCUT2D eigenvalue weighted by Gasteiger charge is -2.31. The van der Waals surface area contributed by atoms with E-state index in [2.05, 4.69) is 11.8 Å². The Morgan fingerprint density at radius 2 is 2.00 bits per heavy atom. The highest BCUT2D eigenvalue weighted by atomic mass is 16.5. The number of hydrogen-bond acceptors (Lipinski definition) is 3. The van der Waals surface area contributed by atoms with Crippen LogP contribution in [0, 0.1) is 0 Å². The molecule has 0 spiro atoms. The monoisotopic (exact) mass is 213 g/mol. The van der Waals surface area contributed by atoms with E-state index >= 15 is 0 Å². The van der Waals surface area contributed by atoms with Gasteiger partial charge in [0.1, 0.15) is 5.78 Å². The zero-order chi connectivity index (χ0) is 11.1. The number of rotatable bonds is 6. The van der Waals surface area contributed by atoms with Gasteiger partial charge in [0.05, 0.1) is 12.6 Å². The van der Waals surface area contributed by atoms with Crippen molar-refractivity contribution in [1.29, 1.82) is 0 Å². The van der Waals surface area contributed by atoms with Gasteiger partial charge in [-0.1, -0.05) is 6.92 Å². The van der Waals surface area contributed by atoms with Gasteiger partial charge in [-0.05, 0) is 26.2 Å². The Hall–Kier alpha value is -0.410. The molecule has 1 fully saturated rings. The molecule has 1 aliphatic rings. The second-order valence-corrected chi connectivity index (χ2v) is 4.22. The Labute approximate surface area is 92.8 Å². The first-order valence-electron chi connectivity index (χ1n) is 6.12. The molecule has 1 aliphatic heterocycles. The van der Waals surface area contributed by atoms with Gasteiger partial charge in [-0.3, -0.25) is 9.69 Å². The minimum absolute atomic E-state index is 0.382. The first-order valence-corrected chi connectivity index (χ1v) is 6.12. The number of piperidine rings is 1. The quantitative estimate of drug-likeness (QED) is 0.674. The lowest BCUT2D eigenvalue weighted by Crippen LogP contribution is -2.39. The van der Waals surface area contributed by atoms with E-state index in [-0.39, 0.29) is 0 Å². The molecule has 0 amide bonds. The minimum atomic E-state index is 0.382. The molecule has 0 aromatic carbocycles. The van der Waals surface area contributed by atoms with Crippen LogP contribution in [0.2, 0.25) is 0 Å². The van der Waals surface area contributed by atoms with Crippen LogP contribution in [0.5, 0.6) is 0 Å². The lowest BCUT2D eigenvalue weighted by molar-refractivity contribution is -0.120. The van der Waals surface area contributed by atoms with Crippen molar-refractivity contribution in [3.63, 3.8) is 0 Å². The molecule has 0 aromatic heterocycles. The summed E-state index contributed by atoms with van der Waals surface area (Å²) in [6, 6.07) is 0. The number of hydrogen-bond donors (Lipinski definition) is 0. The SMILES string of the molecule is CCCC(=O)CN1CCC(OCC)CC1. The third kappa shape index (κ3) is 4.76. The third-order valence-corrected chi connectivity index (χ3v) is 2.87. The normalized spacial score (nSPS) is 19.3. The van der Waals surface area contributed by atoms with Gasteiger partial charge < -0.3 is 4.74 Å². The van der Waals surface area contributed by atoms with Crippen molar-refractivity contribution < 1.29 is 9.53 Å². The van der Waals surface area contributed by atoms with Crippen LogP contribution >= 0.6 is 0 Å². The van der Waals surface area contributed by atoms with Gasteiger partial charge in [-0.15, -0.1) is 0 Å². The van der Waals surface area contributed by atoms with Gasteiger partial charge >= 0.3 is 0 Å². The molecule has 0 saturated carbocycles. The summed E-state index contributed by atoms with van der Waals surface area (Å²) in [7, 11) is 0. The maximum Gasteiger partial charge on any atom is 0.146 e. The number of carbonyl (C=O) groups is 1. The second kappa shape index (κ2) is 6.96. The van der Waals surface area contributed by atoms with Gasteiger partial charge in [-0.25, -0.2) is 0 Å². The average molecular weight is 213 g/mol.